The first-order valence-electron chi connectivity index (χ1n) is 6.61. The molecule has 0 aliphatic heterocycles. The van der Waals surface area contributed by atoms with Crippen molar-refractivity contribution in [2.45, 2.75) is 39.5 Å². The summed E-state index contributed by atoms with van der Waals surface area (Å²) >= 11 is 0. The molecule has 2 aromatic rings. The van der Waals surface area contributed by atoms with Gasteiger partial charge in [0.05, 0.1) is 0 Å². The molecule has 0 aromatic heterocycles. The Hall–Kier alpha value is -1.56. The minimum Gasteiger partial charge on any atom is -0.0620 e. The van der Waals surface area contributed by atoms with E-state index < -0.39 is 0 Å². The van der Waals surface area contributed by atoms with Crippen molar-refractivity contribution in [2.24, 2.45) is 0 Å². The smallest absolute Gasteiger partial charge is 0.00227 e. The molecule has 0 fully saturated rings. The molecule has 0 saturated heterocycles. The van der Waals surface area contributed by atoms with Crippen LogP contribution in [0, 0.1) is 6.92 Å². The van der Waals surface area contributed by atoms with Gasteiger partial charge >= 0.3 is 0 Å². The summed E-state index contributed by atoms with van der Waals surface area (Å²) in [5.74, 6) is 0. The average Bonchev–Trinajstić information content (AvgIpc) is 2.28. The van der Waals surface area contributed by atoms with E-state index in [1.54, 1.807) is 0 Å². The Morgan fingerprint density at radius 1 is 0.889 bits per heavy atom. The Morgan fingerprint density at radius 3 is 2.28 bits per heavy atom. The highest BCUT2D eigenvalue weighted by atomic mass is 14.2. The summed E-state index contributed by atoms with van der Waals surface area (Å²) < 4.78 is 0. The van der Waals surface area contributed by atoms with Gasteiger partial charge < -0.3 is 0 Å². The summed E-state index contributed by atoms with van der Waals surface area (Å²) in [6.07, 6.45) is 1.02. The van der Waals surface area contributed by atoms with E-state index in [-0.39, 0.29) is 5.41 Å². The van der Waals surface area contributed by atoms with Gasteiger partial charge in [-0.05, 0) is 35.4 Å². The molecule has 0 saturated carbocycles. The van der Waals surface area contributed by atoms with Crippen LogP contribution in [0.1, 0.15) is 43.0 Å². The lowest BCUT2D eigenvalue weighted by atomic mass is 9.82. The van der Waals surface area contributed by atoms with Crippen LogP contribution in [0.15, 0.2) is 48.5 Å². The molecule has 0 unspecified atom stereocenters. The summed E-state index contributed by atoms with van der Waals surface area (Å²) in [6.45, 7) is 8.99. The van der Waals surface area contributed by atoms with Gasteiger partial charge in [-0.25, -0.2) is 0 Å². The molecule has 0 aliphatic carbocycles. The Labute approximate surface area is 111 Å². The number of hydrogen-bond acceptors (Lipinski definition) is 0. The van der Waals surface area contributed by atoms with Crippen LogP contribution >= 0.6 is 0 Å². The first kappa shape index (κ1) is 12.9. The summed E-state index contributed by atoms with van der Waals surface area (Å²) in [5.41, 5.74) is 5.83. The molecule has 94 valence electrons. The maximum atomic E-state index is 2.28. The van der Waals surface area contributed by atoms with Crippen LogP contribution in [0.4, 0.5) is 0 Å². The Balaban J connectivity index is 2.35. The number of aryl methyl sites for hydroxylation is 1. The van der Waals surface area contributed by atoms with Crippen molar-refractivity contribution < 1.29 is 0 Å². The second-order valence-electron chi connectivity index (χ2n) is 6.07. The predicted molar refractivity (Wildman–Crippen MR) is 79.1 cm³/mol. The van der Waals surface area contributed by atoms with Gasteiger partial charge in [-0.3, -0.25) is 0 Å². The van der Waals surface area contributed by atoms with Crippen molar-refractivity contribution in [3.8, 4) is 0 Å². The first-order valence-corrected chi connectivity index (χ1v) is 6.61. The van der Waals surface area contributed by atoms with Gasteiger partial charge in [-0.15, -0.1) is 0 Å². The molecule has 0 atom stereocenters. The van der Waals surface area contributed by atoms with Gasteiger partial charge in [-0.2, -0.15) is 0 Å². The zero-order valence-electron chi connectivity index (χ0n) is 11.8. The summed E-state index contributed by atoms with van der Waals surface area (Å²) in [4.78, 5) is 0. The lowest BCUT2D eigenvalue weighted by Crippen LogP contribution is -2.14. The lowest BCUT2D eigenvalue weighted by molar-refractivity contribution is 0.584. The van der Waals surface area contributed by atoms with Crippen LogP contribution in [-0.4, -0.2) is 0 Å². The predicted octanol–water partition coefficient (Wildman–Crippen LogP) is 4.88. The van der Waals surface area contributed by atoms with E-state index >= 15 is 0 Å². The van der Waals surface area contributed by atoms with Crippen molar-refractivity contribution >= 4 is 0 Å². The number of hydrogen-bond donors (Lipinski definition) is 0. The van der Waals surface area contributed by atoms with Crippen molar-refractivity contribution in [2.75, 3.05) is 0 Å². The molecule has 2 rings (SSSR count). The van der Waals surface area contributed by atoms with E-state index in [0.717, 1.165) is 6.42 Å². The highest BCUT2D eigenvalue weighted by molar-refractivity contribution is 5.37. The Kier molecular flexibility index (Phi) is 3.56. The Bertz CT molecular complexity index is 530. The second kappa shape index (κ2) is 4.97. The van der Waals surface area contributed by atoms with Crippen molar-refractivity contribution in [3.05, 3.63) is 70.8 Å². The van der Waals surface area contributed by atoms with Crippen LogP contribution in [0.3, 0.4) is 0 Å². The minimum atomic E-state index is 0.209. The highest BCUT2D eigenvalue weighted by Crippen LogP contribution is 2.27. The lowest BCUT2D eigenvalue weighted by Gasteiger charge is -2.23. The van der Waals surface area contributed by atoms with Gasteiger partial charge in [0.15, 0.2) is 0 Å². The van der Waals surface area contributed by atoms with E-state index in [1.807, 2.05) is 0 Å². The third-order valence-corrected chi connectivity index (χ3v) is 3.30. The summed E-state index contributed by atoms with van der Waals surface area (Å²) in [6, 6.07) is 17.6. The van der Waals surface area contributed by atoms with Crippen LogP contribution in [-0.2, 0) is 11.8 Å². The fourth-order valence-electron chi connectivity index (χ4n) is 2.45. The second-order valence-corrected chi connectivity index (χ2v) is 6.07. The van der Waals surface area contributed by atoms with Gasteiger partial charge in [0.1, 0.15) is 0 Å². The minimum absolute atomic E-state index is 0.209. The quantitative estimate of drug-likeness (QED) is 0.699. The van der Waals surface area contributed by atoms with Gasteiger partial charge in [0.2, 0.25) is 0 Å². The molecule has 0 spiro atoms. The van der Waals surface area contributed by atoms with E-state index in [4.69, 9.17) is 0 Å². The molecule has 0 N–H and O–H groups in total. The maximum absolute atomic E-state index is 2.28. The normalized spacial score (nSPS) is 11.6. The number of benzene rings is 2. The van der Waals surface area contributed by atoms with Crippen LogP contribution in [0.2, 0.25) is 0 Å². The van der Waals surface area contributed by atoms with Gasteiger partial charge in [-0.1, -0.05) is 74.9 Å². The zero-order chi connectivity index (χ0) is 13.2. The monoisotopic (exact) mass is 238 g/mol. The first-order chi connectivity index (χ1) is 8.47. The molecule has 0 nitrogen and oxygen atoms in total. The average molecular weight is 238 g/mol. The van der Waals surface area contributed by atoms with Crippen LogP contribution in [0.5, 0.6) is 0 Å². The van der Waals surface area contributed by atoms with E-state index in [1.165, 1.54) is 22.3 Å². The molecule has 0 bridgehead atoms. The molecule has 0 aliphatic rings. The third kappa shape index (κ3) is 3.01. The maximum Gasteiger partial charge on any atom is -0.00227 e. The molecule has 0 radical (unpaired) electrons. The number of rotatable bonds is 2. The zero-order valence-corrected chi connectivity index (χ0v) is 11.8. The SMILES string of the molecule is Cc1cccc(Cc2ccccc2C(C)(C)C)c1. The van der Waals surface area contributed by atoms with Gasteiger partial charge in [0.25, 0.3) is 0 Å². The molecular weight excluding hydrogens is 216 g/mol. The molecule has 0 heteroatoms. The van der Waals surface area contributed by atoms with Crippen molar-refractivity contribution in [1.82, 2.24) is 0 Å². The highest BCUT2D eigenvalue weighted by Gasteiger charge is 2.17. The summed E-state index contributed by atoms with van der Waals surface area (Å²) in [7, 11) is 0. The van der Waals surface area contributed by atoms with E-state index in [0.29, 0.717) is 0 Å². The van der Waals surface area contributed by atoms with Crippen LogP contribution in [0.25, 0.3) is 0 Å². The van der Waals surface area contributed by atoms with E-state index in [9.17, 15) is 0 Å². The van der Waals surface area contributed by atoms with Gasteiger partial charge in [0, 0.05) is 0 Å². The fourth-order valence-corrected chi connectivity index (χ4v) is 2.45. The van der Waals surface area contributed by atoms with Crippen molar-refractivity contribution in [3.63, 3.8) is 0 Å². The molecular formula is C18H22. The fraction of sp³-hybridized carbons (Fsp3) is 0.333. The topological polar surface area (TPSA) is 0 Å². The molecule has 18 heavy (non-hydrogen) atoms. The Morgan fingerprint density at radius 2 is 1.61 bits per heavy atom. The molecule has 0 heterocycles. The largest absolute Gasteiger partial charge is 0.0620 e. The summed E-state index contributed by atoms with van der Waals surface area (Å²) in [5, 5.41) is 0. The third-order valence-electron chi connectivity index (χ3n) is 3.30. The van der Waals surface area contributed by atoms with Crippen molar-refractivity contribution in [1.29, 1.82) is 0 Å². The molecule has 2 aromatic carbocycles. The molecule has 0 amide bonds. The standard InChI is InChI=1S/C18H22/c1-14-8-7-9-15(12-14)13-16-10-5-6-11-17(16)18(2,3)4/h5-12H,13H2,1-4H3. The van der Waals surface area contributed by atoms with Crippen LogP contribution < -0.4 is 0 Å². The van der Waals surface area contributed by atoms with E-state index in [2.05, 4.69) is 76.2 Å².